The van der Waals surface area contributed by atoms with E-state index in [-0.39, 0.29) is 0 Å². The van der Waals surface area contributed by atoms with Crippen molar-refractivity contribution in [3.63, 3.8) is 0 Å². The van der Waals surface area contributed by atoms with Crippen LogP contribution in [0.3, 0.4) is 0 Å². The van der Waals surface area contributed by atoms with Gasteiger partial charge in [0.15, 0.2) is 0 Å². The third-order valence-corrected chi connectivity index (χ3v) is 6.84. The lowest BCUT2D eigenvalue weighted by Crippen LogP contribution is -2.67. The van der Waals surface area contributed by atoms with E-state index in [1.165, 1.54) is 19.4 Å². The fourth-order valence-electron chi connectivity index (χ4n) is 4.32. The van der Waals surface area contributed by atoms with Gasteiger partial charge < -0.3 is 0 Å². The molecule has 4 unspecified atom stereocenters. The Morgan fingerprint density at radius 1 is 1.12 bits per heavy atom. The lowest BCUT2D eigenvalue weighted by molar-refractivity contribution is 0.0411. The van der Waals surface area contributed by atoms with Crippen LogP contribution in [0.25, 0.3) is 0 Å². The first kappa shape index (κ1) is 11.7. The van der Waals surface area contributed by atoms with E-state index in [2.05, 4.69) is 60.1 Å². The van der Waals surface area contributed by atoms with Crippen molar-refractivity contribution >= 4 is 22.6 Å². The van der Waals surface area contributed by atoms with Crippen LogP contribution in [0.2, 0.25) is 0 Å². The summed E-state index contributed by atoms with van der Waals surface area (Å²) >= 11 is 2.79. The molecular weight excluding hydrogens is 311 g/mol. The van der Waals surface area contributed by atoms with Crippen molar-refractivity contribution in [1.82, 2.24) is 9.80 Å². The van der Waals surface area contributed by atoms with Gasteiger partial charge in [-0.3, -0.25) is 9.80 Å². The molecule has 1 aliphatic carbocycles. The predicted octanol–water partition coefficient (Wildman–Crippen LogP) is 2.51. The summed E-state index contributed by atoms with van der Waals surface area (Å²) < 4.78 is 0.579. The van der Waals surface area contributed by atoms with E-state index in [0.29, 0.717) is 3.42 Å². The van der Waals surface area contributed by atoms with Crippen LogP contribution < -0.4 is 0 Å². The van der Waals surface area contributed by atoms with Crippen molar-refractivity contribution in [2.45, 2.75) is 74.2 Å². The molecule has 2 saturated heterocycles. The van der Waals surface area contributed by atoms with E-state index in [1.54, 1.807) is 0 Å². The Kier molecular flexibility index (Phi) is 2.62. The van der Waals surface area contributed by atoms with Gasteiger partial charge in [-0.2, -0.15) is 0 Å². The topological polar surface area (TPSA) is 6.48 Å². The van der Waals surface area contributed by atoms with Crippen LogP contribution in [-0.4, -0.2) is 50.0 Å². The van der Waals surface area contributed by atoms with Crippen LogP contribution in [0.5, 0.6) is 0 Å². The molecule has 92 valence electrons. The largest absolute Gasteiger partial charge is 0.295 e. The molecule has 3 fully saturated rings. The quantitative estimate of drug-likeness (QED) is 0.566. The Morgan fingerprint density at radius 3 is 2.38 bits per heavy atom. The minimum absolute atomic E-state index is 0.579. The monoisotopic (exact) mass is 334 g/mol. The molecule has 0 spiro atoms. The Hall–Kier alpha value is 0.650. The standard InChI is InChI=1S/C13H23IN2/c1-8(2)15-7-10-6-13(14)11(15)5-12(13)16(10)9(3)4/h8-12H,5-7H2,1-4H3. The van der Waals surface area contributed by atoms with Gasteiger partial charge in [0.25, 0.3) is 0 Å². The molecule has 3 aliphatic rings. The zero-order chi connectivity index (χ0) is 11.7. The number of piperidine rings is 1. The van der Waals surface area contributed by atoms with Gasteiger partial charge in [0.05, 0.1) is 3.42 Å². The molecule has 16 heavy (non-hydrogen) atoms. The number of nitrogens with zero attached hydrogens (tertiary/aromatic N) is 2. The molecule has 2 aliphatic heterocycles. The molecule has 2 nitrogen and oxygen atoms in total. The van der Waals surface area contributed by atoms with E-state index >= 15 is 0 Å². The first-order valence-electron chi connectivity index (χ1n) is 6.67. The fourth-order valence-corrected chi connectivity index (χ4v) is 6.02. The molecule has 3 heteroatoms. The minimum Gasteiger partial charge on any atom is -0.295 e. The molecule has 4 atom stereocenters. The second-order valence-corrected chi connectivity index (χ2v) is 8.39. The SMILES string of the molecule is CC(C)N1CC2CC3(I)C1CC3N2C(C)C. The lowest BCUT2D eigenvalue weighted by atomic mass is 9.71. The Bertz CT molecular complexity index is 298. The maximum atomic E-state index is 2.81. The molecule has 0 aromatic rings. The van der Waals surface area contributed by atoms with Crippen LogP contribution in [0.15, 0.2) is 0 Å². The second kappa shape index (κ2) is 3.58. The number of halogens is 1. The van der Waals surface area contributed by atoms with Gasteiger partial charge in [0, 0.05) is 36.8 Å². The van der Waals surface area contributed by atoms with E-state index in [9.17, 15) is 0 Å². The highest BCUT2D eigenvalue weighted by Crippen LogP contribution is 2.59. The third-order valence-electron chi connectivity index (χ3n) is 4.97. The molecule has 2 bridgehead atoms. The summed E-state index contributed by atoms with van der Waals surface area (Å²) in [7, 11) is 0. The van der Waals surface area contributed by atoms with Gasteiger partial charge in [0.1, 0.15) is 0 Å². The predicted molar refractivity (Wildman–Crippen MR) is 76.2 cm³/mol. The van der Waals surface area contributed by atoms with E-state index < -0.39 is 0 Å². The Balaban J connectivity index is 1.91. The maximum absolute atomic E-state index is 2.81. The number of hydrogen-bond acceptors (Lipinski definition) is 2. The summed E-state index contributed by atoms with van der Waals surface area (Å²) in [5, 5.41) is 0. The van der Waals surface area contributed by atoms with Gasteiger partial charge in [-0.15, -0.1) is 0 Å². The van der Waals surface area contributed by atoms with Crippen LogP contribution in [0, 0.1) is 0 Å². The van der Waals surface area contributed by atoms with Crippen LogP contribution in [-0.2, 0) is 0 Å². The zero-order valence-corrected chi connectivity index (χ0v) is 12.9. The van der Waals surface area contributed by atoms with Crippen LogP contribution in [0.4, 0.5) is 0 Å². The number of likely N-dealkylation sites (tertiary alicyclic amines) is 2. The second-order valence-electron chi connectivity index (χ2n) is 6.38. The molecule has 3 rings (SSSR count). The maximum Gasteiger partial charge on any atom is 0.0549 e. The smallest absolute Gasteiger partial charge is 0.0549 e. The van der Waals surface area contributed by atoms with Gasteiger partial charge in [0.2, 0.25) is 0 Å². The summed E-state index contributed by atoms with van der Waals surface area (Å²) in [5.74, 6) is 0. The van der Waals surface area contributed by atoms with Crippen LogP contribution in [0.1, 0.15) is 40.5 Å². The number of rotatable bonds is 2. The molecule has 0 radical (unpaired) electrons. The third kappa shape index (κ3) is 1.31. The van der Waals surface area contributed by atoms with Gasteiger partial charge in [-0.25, -0.2) is 0 Å². The lowest BCUT2D eigenvalue weighted by Gasteiger charge is -2.56. The van der Waals surface area contributed by atoms with Crippen molar-refractivity contribution in [3.8, 4) is 0 Å². The average molecular weight is 334 g/mol. The molecule has 0 amide bonds. The van der Waals surface area contributed by atoms with Gasteiger partial charge in [-0.05, 0) is 40.5 Å². The normalized spacial score (nSPS) is 47.8. The number of hydrogen-bond donors (Lipinski definition) is 0. The number of fused-ring (bicyclic) bond motifs is 1. The first-order chi connectivity index (χ1) is 7.45. The van der Waals surface area contributed by atoms with Crippen LogP contribution >= 0.6 is 22.6 Å². The van der Waals surface area contributed by atoms with E-state index in [0.717, 1.165) is 30.2 Å². The molecule has 1 saturated carbocycles. The summed E-state index contributed by atoms with van der Waals surface area (Å²) in [6.07, 6.45) is 2.85. The van der Waals surface area contributed by atoms with Crippen molar-refractivity contribution in [2.24, 2.45) is 0 Å². The Labute approximate surface area is 113 Å². The highest BCUT2D eigenvalue weighted by molar-refractivity contribution is 14.1. The van der Waals surface area contributed by atoms with Crippen molar-refractivity contribution in [1.29, 1.82) is 0 Å². The summed E-state index contributed by atoms with van der Waals surface area (Å²) in [6.45, 7) is 10.8. The molecule has 0 N–H and O–H groups in total. The first-order valence-corrected chi connectivity index (χ1v) is 7.75. The highest BCUT2D eigenvalue weighted by atomic mass is 127. The number of alkyl halides is 1. The average Bonchev–Trinajstić information content (AvgIpc) is 2.35. The summed E-state index contributed by atoms with van der Waals surface area (Å²) in [5.41, 5.74) is 0. The van der Waals surface area contributed by atoms with Crippen molar-refractivity contribution in [3.05, 3.63) is 0 Å². The van der Waals surface area contributed by atoms with Crippen molar-refractivity contribution < 1.29 is 0 Å². The molecular formula is C13H23IN2. The van der Waals surface area contributed by atoms with Gasteiger partial charge in [-0.1, -0.05) is 22.6 Å². The summed E-state index contributed by atoms with van der Waals surface area (Å²) in [6, 6.07) is 3.99. The highest BCUT2D eigenvalue weighted by Gasteiger charge is 2.67. The summed E-state index contributed by atoms with van der Waals surface area (Å²) in [4.78, 5) is 5.57. The van der Waals surface area contributed by atoms with E-state index in [1.807, 2.05) is 0 Å². The van der Waals surface area contributed by atoms with Gasteiger partial charge >= 0.3 is 0 Å². The fraction of sp³-hybridized carbons (Fsp3) is 1.00. The van der Waals surface area contributed by atoms with E-state index in [4.69, 9.17) is 0 Å². The Morgan fingerprint density at radius 2 is 1.81 bits per heavy atom. The van der Waals surface area contributed by atoms with Crippen molar-refractivity contribution in [2.75, 3.05) is 6.54 Å². The minimum atomic E-state index is 0.579. The zero-order valence-electron chi connectivity index (χ0n) is 10.8. The molecule has 0 aromatic carbocycles. The molecule has 2 heterocycles. The molecule has 0 aromatic heterocycles.